The normalized spacial score (nSPS) is 10.6. The van der Waals surface area contributed by atoms with Crippen LogP contribution in [-0.2, 0) is 4.79 Å². The Balaban J connectivity index is 2.04. The second-order valence-corrected chi connectivity index (χ2v) is 4.95. The van der Waals surface area contributed by atoms with Crippen LogP contribution < -0.4 is 5.32 Å². The van der Waals surface area contributed by atoms with Crippen molar-refractivity contribution in [2.75, 3.05) is 5.32 Å². The Labute approximate surface area is 136 Å². The molecule has 6 heteroatoms. The van der Waals surface area contributed by atoms with E-state index in [0.29, 0.717) is 11.3 Å². The quantitative estimate of drug-likeness (QED) is 0.674. The fourth-order valence-corrected chi connectivity index (χ4v) is 1.90. The summed E-state index contributed by atoms with van der Waals surface area (Å²) in [7, 11) is 0. The molecule has 0 atom stereocenters. The number of Topliss-reactive ketones (excluding diaryl/α,β-unsaturated/α-hetero) is 1. The highest BCUT2D eigenvalue weighted by atomic mass is 19.2. The molecule has 2 rings (SSSR count). The van der Waals surface area contributed by atoms with Crippen LogP contribution in [0.5, 0.6) is 0 Å². The van der Waals surface area contributed by atoms with Gasteiger partial charge in [-0.1, -0.05) is 12.1 Å². The van der Waals surface area contributed by atoms with Crippen molar-refractivity contribution in [2.24, 2.45) is 0 Å². The number of carbonyl (C=O) groups excluding carboxylic acids is 3. The molecule has 1 amide bonds. The largest absolute Gasteiger partial charge is 0.322 e. The van der Waals surface area contributed by atoms with E-state index in [9.17, 15) is 23.2 Å². The maximum atomic E-state index is 13.1. The Hall–Kier alpha value is -3.15. The summed E-state index contributed by atoms with van der Waals surface area (Å²) in [5.74, 6) is -3.57. The van der Waals surface area contributed by atoms with Gasteiger partial charge in [-0.2, -0.15) is 0 Å². The van der Waals surface area contributed by atoms with Crippen molar-refractivity contribution in [3.05, 3.63) is 77.4 Å². The van der Waals surface area contributed by atoms with Crippen molar-refractivity contribution in [1.29, 1.82) is 0 Å². The van der Waals surface area contributed by atoms with Gasteiger partial charge >= 0.3 is 0 Å². The number of anilines is 1. The first-order valence-corrected chi connectivity index (χ1v) is 6.96. The summed E-state index contributed by atoms with van der Waals surface area (Å²) < 4.78 is 25.9. The lowest BCUT2D eigenvalue weighted by Gasteiger charge is -2.03. The van der Waals surface area contributed by atoms with E-state index in [0.717, 1.165) is 30.4 Å². The van der Waals surface area contributed by atoms with Crippen LogP contribution in [0.25, 0.3) is 0 Å². The van der Waals surface area contributed by atoms with Crippen molar-refractivity contribution in [1.82, 2.24) is 0 Å². The molecule has 0 heterocycles. The maximum absolute atomic E-state index is 13.1. The summed E-state index contributed by atoms with van der Waals surface area (Å²) in [6, 6.07) is 9.04. The molecule has 0 fully saturated rings. The molecule has 24 heavy (non-hydrogen) atoms. The molecule has 2 aromatic rings. The van der Waals surface area contributed by atoms with Gasteiger partial charge in [-0.05, 0) is 43.3 Å². The predicted octanol–water partition coefficient (Wildman–Crippen LogP) is 3.55. The summed E-state index contributed by atoms with van der Waals surface area (Å²) >= 11 is 0. The van der Waals surface area contributed by atoms with Crippen LogP contribution in [0.4, 0.5) is 14.5 Å². The monoisotopic (exact) mass is 329 g/mol. The fourth-order valence-electron chi connectivity index (χ4n) is 1.90. The Kier molecular flexibility index (Phi) is 5.31. The van der Waals surface area contributed by atoms with Crippen LogP contribution in [-0.4, -0.2) is 17.5 Å². The summed E-state index contributed by atoms with van der Waals surface area (Å²) in [6.07, 6.45) is 1.93. The van der Waals surface area contributed by atoms with Crippen molar-refractivity contribution in [3.63, 3.8) is 0 Å². The van der Waals surface area contributed by atoms with Gasteiger partial charge in [-0.3, -0.25) is 14.4 Å². The molecule has 0 saturated carbocycles. The molecule has 0 spiro atoms. The van der Waals surface area contributed by atoms with Gasteiger partial charge in [0.2, 0.25) is 5.91 Å². The highest BCUT2D eigenvalue weighted by molar-refractivity contribution is 6.10. The van der Waals surface area contributed by atoms with E-state index in [1.54, 1.807) is 18.2 Å². The lowest BCUT2D eigenvalue weighted by atomic mass is 10.1. The molecule has 0 unspecified atom stereocenters. The van der Waals surface area contributed by atoms with E-state index >= 15 is 0 Å². The first kappa shape index (κ1) is 17.2. The Morgan fingerprint density at radius 2 is 1.67 bits per heavy atom. The highest BCUT2D eigenvalue weighted by Crippen LogP contribution is 2.12. The third-order valence-electron chi connectivity index (χ3n) is 3.13. The Bertz CT molecular complexity index is 844. The molecule has 122 valence electrons. The first-order valence-electron chi connectivity index (χ1n) is 6.96. The third kappa shape index (κ3) is 4.42. The Morgan fingerprint density at radius 3 is 2.33 bits per heavy atom. The first-order chi connectivity index (χ1) is 11.4. The minimum atomic E-state index is -1.14. The van der Waals surface area contributed by atoms with Gasteiger partial charge in [-0.25, -0.2) is 8.78 Å². The van der Waals surface area contributed by atoms with E-state index in [-0.39, 0.29) is 11.3 Å². The van der Waals surface area contributed by atoms with Gasteiger partial charge in [0.1, 0.15) is 0 Å². The van der Waals surface area contributed by atoms with Crippen LogP contribution in [0.3, 0.4) is 0 Å². The number of halogens is 2. The van der Waals surface area contributed by atoms with Gasteiger partial charge in [0.05, 0.1) is 0 Å². The van der Waals surface area contributed by atoms with Crippen LogP contribution in [0.2, 0.25) is 0 Å². The lowest BCUT2D eigenvalue weighted by Crippen LogP contribution is -2.09. The van der Waals surface area contributed by atoms with Gasteiger partial charge in [-0.15, -0.1) is 0 Å². The number of hydrogen-bond acceptors (Lipinski definition) is 3. The molecule has 2 aromatic carbocycles. The highest BCUT2D eigenvalue weighted by Gasteiger charge is 2.08. The van der Waals surface area contributed by atoms with Crippen LogP contribution in [0.15, 0.2) is 54.6 Å². The molecule has 1 N–H and O–H groups in total. The van der Waals surface area contributed by atoms with Crippen LogP contribution in [0.1, 0.15) is 27.6 Å². The fraction of sp³-hybridized carbons (Fsp3) is 0.0556. The van der Waals surface area contributed by atoms with E-state index in [1.807, 2.05) is 0 Å². The zero-order chi connectivity index (χ0) is 17.7. The van der Waals surface area contributed by atoms with Crippen molar-refractivity contribution < 1.29 is 23.2 Å². The van der Waals surface area contributed by atoms with E-state index in [1.165, 1.54) is 13.0 Å². The van der Waals surface area contributed by atoms with Gasteiger partial charge < -0.3 is 5.32 Å². The number of nitrogens with one attached hydrogen (secondary N) is 1. The zero-order valence-electron chi connectivity index (χ0n) is 12.7. The molecule has 4 nitrogen and oxygen atoms in total. The van der Waals surface area contributed by atoms with Gasteiger partial charge in [0, 0.05) is 22.9 Å². The average molecular weight is 329 g/mol. The average Bonchev–Trinajstić information content (AvgIpc) is 2.55. The topological polar surface area (TPSA) is 63.2 Å². The maximum Gasteiger partial charge on any atom is 0.248 e. The predicted molar refractivity (Wildman–Crippen MR) is 84.9 cm³/mol. The number of amides is 1. The van der Waals surface area contributed by atoms with Crippen LogP contribution >= 0.6 is 0 Å². The minimum absolute atomic E-state index is 0.0727. The number of ketones is 2. The molecule has 0 radical (unpaired) electrons. The standard InChI is InChI=1S/C18H13F2NO3/c1-11(22)12-3-2-4-14(9-12)21-18(24)8-7-17(23)13-5-6-15(19)16(20)10-13/h2-10H,1H3,(H,21,24)/b8-7+. The molecule has 0 saturated heterocycles. The lowest BCUT2D eigenvalue weighted by molar-refractivity contribution is -0.111. The third-order valence-corrected chi connectivity index (χ3v) is 3.13. The smallest absolute Gasteiger partial charge is 0.248 e. The van der Waals surface area contributed by atoms with Gasteiger partial charge in [0.15, 0.2) is 23.2 Å². The molecule has 0 aliphatic heterocycles. The molecule has 0 aliphatic rings. The summed E-state index contributed by atoms with van der Waals surface area (Å²) in [5.41, 5.74) is 0.767. The summed E-state index contributed by atoms with van der Waals surface area (Å²) in [6.45, 7) is 1.40. The second-order valence-electron chi connectivity index (χ2n) is 4.95. The molecule has 0 bridgehead atoms. The number of allylic oxidation sites excluding steroid dienone is 1. The van der Waals surface area contributed by atoms with Crippen molar-refractivity contribution >= 4 is 23.2 Å². The van der Waals surface area contributed by atoms with Crippen molar-refractivity contribution in [3.8, 4) is 0 Å². The van der Waals surface area contributed by atoms with E-state index < -0.39 is 23.3 Å². The van der Waals surface area contributed by atoms with Crippen LogP contribution in [0, 0.1) is 11.6 Å². The van der Waals surface area contributed by atoms with E-state index in [4.69, 9.17) is 0 Å². The molecular weight excluding hydrogens is 316 g/mol. The second kappa shape index (κ2) is 7.41. The number of hydrogen-bond donors (Lipinski definition) is 1. The van der Waals surface area contributed by atoms with Gasteiger partial charge in [0.25, 0.3) is 0 Å². The minimum Gasteiger partial charge on any atom is -0.322 e. The summed E-state index contributed by atoms with van der Waals surface area (Å²) in [5, 5.41) is 2.50. The zero-order valence-corrected chi connectivity index (χ0v) is 12.7. The molecule has 0 aliphatic carbocycles. The Morgan fingerprint density at radius 1 is 0.917 bits per heavy atom. The number of carbonyl (C=O) groups is 3. The van der Waals surface area contributed by atoms with Crippen molar-refractivity contribution in [2.45, 2.75) is 6.92 Å². The SMILES string of the molecule is CC(=O)c1cccc(NC(=O)/C=C/C(=O)c2ccc(F)c(F)c2)c1. The summed E-state index contributed by atoms with van der Waals surface area (Å²) in [4.78, 5) is 34.9. The number of rotatable bonds is 5. The molecule has 0 aromatic heterocycles. The van der Waals surface area contributed by atoms with E-state index in [2.05, 4.69) is 5.32 Å². The number of benzene rings is 2. The molecular formula is C18H13F2NO3.